The summed E-state index contributed by atoms with van der Waals surface area (Å²) in [4.78, 5) is 4.39. The van der Waals surface area contributed by atoms with E-state index in [1.807, 2.05) is 18.2 Å². The molecule has 0 aliphatic heterocycles. The lowest BCUT2D eigenvalue weighted by Crippen LogP contribution is -2.11. The van der Waals surface area contributed by atoms with Crippen molar-refractivity contribution in [1.82, 2.24) is 4.98 Å². The van der Waals surface area contributed by atoms with E-state index >= 15 is 0 Å². The van der Waals surface area contributed by atoms with Crippen LogP contribution in [-0.2, 0) is 5.41 Å². The van der Waals surface area contributed by atoms with E-state index in [1.54, 1.807) is 0 Å². The number of para-hydroxylation sites is 1. The van der Waals surface area contributed by atoms with Gasteiger partial charge in [-0.2, -0.15) is 0 Å². The Bertz CT molecular complexity index is 466. The maximum atomic E-state index is 5.79. The Kier molecular flexibility index (Phi) is 1.77. The normalized spacial score (nSPS) is 12.2. The molecule has 1 aromatic heterocycles. The van der Waals surface area contributed by atoms with Crippen molar-refractivity contribution in [2.75, 3.05) is 5.73 Å². The highest BCUT2D eigenvalue weighted by atomic mass is 16.3. The Morgan fingerprint density at radius 2 is 2.00 bits per heavy atom. The third-order valence-corrected chi connectivity index (χ3v) is 2.09. The molecule has 2 N–H and O–H groups in total. The second-order valence-electron chi connectivity index (χ2n) is 4.46. The summed E-state index contributed by atoms with van der Waals surface area (Å²) in [5.41, 5.74) is 7.90. The number of fused-ring (bicyclic) bond motifs is 1. The summed E-state index contributed by atoms with van der Waals surface area (Å²) in [7, 11) is 0. The maximum Gasteiger partial charge on any atom is 0.200 e. The van der Waals surface area contributed by atoms with Crippen LogP contribution in [0.1, 0.15) is 26.7 Å². The number of hydrogen-bond donors (Lipinski definition) is 1. The zero-order chi connectivity index (χ0) is 10.3. The number of nitrogen functional groups attached to an aromatic ring is 1. The summed E-state index contributed by atoms with van der Waals surface area (Å²) >= 11 is 0. The van der Waals surface area contributed by atoms with Crippen molar-refractivity contribution >= 4 is 16.8 Å². The van der Waals surface area contributed by atoms with Crippen LogP contribution in [0.5, 0.6) is 0 Å². The molecule has 0 saturated carbocycles. The van der Waals surface area contributed by atoms with Gasteiger partial charge in [0.1, 0.15) is 5.52 Å². The van der Waals surface area contributed by atoms with Gasteiger partial charge in [0.15, 0.2) is 5.58 Å². The number of benzene rings is 1. The summed E-state index contributed by atoms with van der Waals surface area (Å²) in [5.74, 6) is 0.727. The van der Waals surface area contributed by atoms with Crippen LogP contribution in [0.25, 0.3) is 11.1 Å². The summed E-state index contributed by atoms with van der Waals surface area (Å²) in [6.45, 7) is 6.19. The molecule has 0 atom stereocenters. The van der Waals surface area contributed by atoms with E-state index in [0.29, 0.717) is 5.69 Å². The van der Waals surface area contributed by atoms with Crippen molar-refractivity contribution in [2.24, 2.45) is 0 Å². The molecule has 0 bridgehead atoms. The first-order chi connectivity index (χ1) is 6.48. The second kappa shape index (κ2) is 2.74. The van der Waals surface area contributed by atoms with Crippen LogP contribution < -0.4 is 5.73 Å². The standard InChI is InChI=1S/C11H14N2O/c1-11(2,3)10-13-9-7(12)5-4-6-8(9)14-10/h4-6H,12H2,1-3H3. The van der Waals surface area contributed by atoms with Gasteiger partial charge in [-0.15, -0.1) is 0 Å². The van der Waals surface area contributed by atoms with Gasteiger partial charge in [0.05, 0.1) is 5.69 Å². The summed E-state index contributed by atoms with van der Waals surface area (Å²) < 4.78 is 5.62. The van der Waals surface area contributed by atoms with Gasteiger partial charge in [0.25, 0.3) is 0 Å². The first kappa shape index (κ1) is 9.06. The zero-order valence-corrected chi connectivity index (χ0v) is 8.66. The fourth-order valence-electron chi connectivity index (χ4n) is 1.29. The van der Waals surface area contributed by atoms with E-state index in [2.05, 4.69) is 25.8 Å². The zero-order valence-electron chi connectivity index (χ0n) is 8.66. The number of aromatic nitrogens is 1. The predicted octanol–water partition coefficient (Wildman–Crippen LogP) is 2.71. The molecule has 0 radical (unpaired) electrons. The fraction of sp³-hybridized carbons (Fsp3) is 0.364. The van der Waals surface area contributed by atoms with Crippen molar-refractivity contribution in [3.05, 3.63) is 24.1 Å². The molecule has 2 rings (SSSR count). The van der Waals surface area contributed by atoms with Gasteiger partial charge in [0, 0.05) is 5.41 Å². The lowest BCUT2D eigenvalue weighted by molar-refractivity contribution is 0.411. The van der Waals surface area contributed by atoms with Crippen LogP contribution in [0.2, 0.25) is 0 Å². The quantitative estimate of drug-likeness (QED) is 0.650. The van der Waals surface area contributed by atoms with E-state index in [0.717, 1.165) is 17.0 Å². The highest BCUT2D eigenvalue weighted by Gasteiger charge is 2.21. The lowest BCUT2D eigenvalue weighted by atomic mass is 9.97. The molecule has 3 nitrogen and oxygen atoms in total. The minimum absolute atomic E-state index is 0.0779. The van der Waals surface area contributed by atoms with Crippen molar-refractivity contribution in [3.63, 3.8) is 0 Å². The van der Waals surface area contributed by atoms with Gasteiger partial charge in [-0.3, -0.25) is 0 Å². The molecule has 74 valence electrons. The monoisotopic (exact) mass is 190 g/mol. The Morgan fingerprint density at radius 1 is 1.29 bits per heavy atom. The molecule has 0 spiro atoms. The summed E-state index contributed by atoms with van der Waals surface area (Å²) in [5, 5.41) is 0. The number of rotatable bonds is 0. The fourth-order valence-corrected chi connectivity index (χ4v) is 1.29. The van der Waals surface area contributed by atoms with Gasteiger partial charge in [-0.05, 0) is 12.1 Å². The maximum absolute atomic E-state index is 5.79. The molecule has 1 heterocycles. The minimum Gasteiger partial charge on any atom is -0.440 e. The molecule has 3 heteroatoms. The molecule has 0 saturated heterocycles. The lowest BCUT2D eigenvalue weighted by Gasteiger charge is -2.11. The number of nitrogens with two attached hydrogens (primary N) is 1. The van der Waals surface area contributed by atoms with Crippen molar-refractivity contribution < 1.29 is 4.42 Å². The van der Waals surface area contributed by atoms with Crippen LogP contribution in [0.15, 0.2) is 22.6 Å². The van der Waals surface area contributed by atoms with E-state index in [-0.39, 0.29) is 5.41 Å². The average Bonchev–Trinajstić information content (AvgIpc) is 2.48. The summed E-state index contributed by atoms with van der Waals surface area (Å²) in [6, 6.07) is 5.58. The molecular weight excluding hydrogens is 176 g/mol. The second-order valence-corrected chi connectivity index (χ2v) is 4.46. The van der Waals surface area contributed by atoms with E-state index in [1.165, 1.54) is 0 Å². The van der Waals surface area contributed by atoms with Crippen LogP contribution >= 0.6 is 0 Å². The molecule has 0 aliphatic rings. The Morgan fingerprint density at radius 3 is 2.57 bits per heavy atom. The SMILES string of the molecule is CC(C)(C)c1nc2c(N)cccc2o1. The number of hydrogen-bond acceptors (Lipinski definition) is 3. The van der Waals surface area contributed by atoms with Gasteiger partial charge in [-0.25, -0.2) is 4.98 Å². The van der Waals surface area contributed by atoms with E-state index < -0.39 is 0 Å². The third-order valence-electron chi connectivity index (χ3n) is 2.09. The number of anilines is 1. The number of oxazole rings is 1. The van der Waals surface area contributed by atoms with E-state index in [4.69, 9.17) is 10.2 Å². The highest BCUT2D eigenvalue weighted by Crippen LogP contribution is 2.28. The van der Waals surface area contributed by atoms with Crippen molar-refractivity contribution in [3.8, 4) is 0 Å². The Labute approximate surface area is 82.9 Å². The van der Waals surface area contributed by atoms with Gasteiger partial charge < -0.3 is 10.2 Å². The average molecular weight is 190 g/mol. The molecule has 2 aromatic rings. The smallest absolute Gasteiger partial charge is 0.200 e. The van der Waals surface area contributed by atoms with Gasteiger partial charge in [-0.1, -0.05) is 26.8 Å². The molecule has 0 aliphatic carbocycles. The minimum atomic E-state index is -0.0779. The Hall–Kier alpha value is -1.51. The topological polar surface area (TPSA) is 52.0 Å². The van der Waals surface area contributed by atoms with Crippen LogP contribution in [0.4, 0.5) is 5.69 Å². The molecular formula is C11H14N2O. The molecule has 1 aromatic carbocycles. The predicted molar refractivity (Wildman–Crippen MR) is 57.1 cm³/mol. The van der Waals surface area contributed by atoms with Crippen LogP contribution in [-0.4, -0.2) is 4.98 Å². The Balaban J connectivity index is 2.69. The van der Waals surface area contributed by atoms with Gasteiger partial charge >= 0.3 is 0 Å². The third kappa shape index (κ3) is 1.35. The van der Waals surface area contributed by atoms with Crippen LogP contribution in [0.3, 0.4) is 0 Å². The van der Waals surface area contributed by atoms with Gasteiger partial charge in [0.2, 0.25) is 5.89 Å². The first-order valence-electron chi connectivity index (χ1n) is 4.64. The number of nitrogens with zero attached hydrogens (tertiary/aromatic N) is 1. The molecule has 0 fully saturated rings. The van der Waals surface area contributed by atoms with Crippen molar-refractivity contribution in [2.45, 2.75) is 26.2 Å². The molecule has 0 unspecified atom stereocenters. The highest BCUT2D eigenvalue weighted by molar-refractivity contribution is 5.85. The van der Waals surface area contributed by atoms with Crippen LogP contribution in [0, 0.1) is 0 Å². The summed E-state index contributed by atoms with van der Waals surface area (Å²) in [6.07, 6.45) is 0. The molecule has 0 amide bonds. The first-order valence-corrected chi connectivity index (χ1v) is 4.64. The largest absolute Gasteiger partial charge is 0.440 e. The van der Waals surface area contributed by atoms with Crippen molar-refractivity contribution in [1.29, 1.82) is 0 Å². The van der Waals surface area contributed by atoms with E-state index in [9.17, 15) is 0 Å². The molecule has 14 heavy (non-hydrogen) atoms.